The van der Waals surface area contributed by atoms with Crippen molar-refractivity contribution >= 4 is 29.1 Å². The van der Waals surface area contributed by atoms with E-state index in [9.17, 15) is 4.79 Å². The van der Waals surface area contributed by atoms with Crippen LogP contribution in [-0.4, -0.2) is 27.6 Å². The fourth-order valence-electron chi connectivity index (χ4n) is 3.60. The Labute approximate surface area is 195 Å². The molecule has 6 nitrogen and oxygen atoms in total. The molecule has 2 heterocycles. The molecule has 162 valence electrons. The minimum Gasteiger partial charge on any atom is -0.496 e. The van der Waals surface area contributed by atoms with E-state index in [4.69, 9.17) is 33.7 Å². The summed E-state index contributed by atoms with van der Waals surface area (Å²) in [6, 6.07) is 16.3. The van der Waals surface area contributed by atoms with Gasteiger partial charge in [-0.3, -0.25) is 9.36 Å². The molecule has 2 N–H and O–H groups in total. The molecule has 0 aliphatic carbocycles. The minimum atomic E-state index is -0.686. The third-order valence-corrected chi connectivity index (χ3v) is 5.53. The highest BCUT2D eigenvalue weighted by molar-refractivity contribution is 6.31. The molecule has 0 radical (unpaired) electrons. The number of methoxy groups -OCH3 is 1. The zero-order chi connectivity index (χ0) is 23.0. The zero-order valence-electron chi connectivity index (χ0n) is 17.7. The second kappa shape index (κ2) is 8.65. The number of hydrogen-bond donors (Lipinski definition) is 1. The summed E-state index contributed by atoms with van der Waals surface area (Å²) in [4.78, 5) is 21.8. The first-order valence-electron chi connectivity index (χ1n) is 9.77. The van der Waals surface area contributed by atoms with Crippen LogP contribution >= 0.6 is 23.2 Å². The predicted octanol–water partition coefficient (Wildman–Crippen LogP) is 5.63. The van der Waals surface area contributed by atoms with Gasteiger partial charge in [-0.05, 0) is 61.9 Å². The van der Waals surface area contributed by atoms with Gasteiger partial charge in [-0.1, -0.05) is 35.3 Å². The number of carbonyl (C=O) groups is 1. The van der Waals surface area contributed by atoms with Crippen LogP contribution in [0, 0.1) is 13.8 Å². The van der Waals surface area contributed by atoms with Gasteiger partial charge in [0.2, 0.25) is 0 Å². The number of imidazole rings is 1. The summed E-state index contributed by atoms with van der Waals surface area (Å²) in [5.74, 6) is 0.278. The summed E-state index contributed by atoms with van der Waals surface area (Å²) in [5, 5.41) is 1.01. The van der Waals surface area contributed by atoms with E-state index < -0.39 is 5.91 Å². The van der Waals surface area contributed by atoms with E-state index in [1.807, 2.05) is 48.7 Å². The number of primary amides is 1. The van der Waals surface area contributed by atoms with Gasteiger partial charge in [0.15, 0.2) is 11.5 Å². The number of nitrogens with zero attached hydrogens (tertiary/aromatic N) is 3. The van der Waals surface area contributed by atoms with Gasteiger partial charge in [-0.25, -0.2) is 9.97 Å². The Morgan fingerprint density at radius 3 is 2.41 bits per heavy atom. The van der Waals surface area contributed by atoms with Crippen molar-refractivity contribution in [1.82, 2.24) is 14.5 Å². The van der Waals surface area contributed by atoms with Crippen LogP contribution in [-0.2, 0) is 0 Å². The topological polar surface area (TPSA) is 83.0 Å². The number of carbonyl (C=O) groups excluding carboxylic acids is 1. The van der Waals surface area contributed by atoms with E-state index in [2.05, 4.69) is 9.97 Å². The molecule has 0 atom stereocenters. The van der Waals surface area contributed by atoms with Crippen molar-refractivity contribution in [2.24, 2.45) is 5.73 Å². The Morgan fingerprint density at radius 2 is 1.72 bits per heavy atom. The molecule has 1 amide bonds. The van der Waals surface area contributed by atoms with Gasteiger partial charge in [0, 0.05) is 21.3 Å². The van der Waals surface area contributed by atoms with E-state index in [1.54, 1.807) is 31.4 Å². The van der Waals surface area contributed by atoms with E-state index >= 15 is 0 Å². The zero-order valence-corrected chi connectivity index (χ0v) is 19.2. The number of benzene rings is 2. The van der Waals surface area contributed by atoms with Crippen molar-refractivity contribution in [2.75, 3.05) is 7.11 Å². The van der Waals surface area contributed by atoms with E-state index in [1.165, 1.54) is 0 Å². The fraction of sp³-hybridized carbons (Fsp3) is 0.125. The monoisotopic (exact) mass is 466 g/mol. The number of aromatic nitrogens is 3. The molecule has 0 fully saturated rings. The lowest BCUT2D eigenvalue weighted by molar-refractivity contribution is 0.0996. The van der Waals surface area contributed by atoms with Crippen molar-refractivity contribution in [2.45, 2.75) is 13.8 Å². The van der Waals surface area contributed by atoms with Crippen LogP contribution < -0.4 is 10.5 Å². The first-order valence-corrected chi connectivity index (χ1v) is 10.5. The summed E-state index contributed by atoms with van der Waals surface area (Å²) in [6.45, 7) is 3.83. The second-order valence-electron chi connectivity index (χ2n) is 7.27. The van der Waals surface area contributed by atoms with Crippen molar-refractivity contribution in [3.8, 4) is 34.2 Å². The maximum absolute atomic E-state index is 12.6. The molecular weight excluding hydrogens is 447 g/mol. The first kappa shape index (κ1) is 21.9. The number of rotatable bonds is 5. The number of ether oxygens (including phenoxy) is 1. The largest absolute Gasteiger partial charge is 0.496 e. The second-order valence-corrected chi connectivity index (χ2v) is 8.14. The lowest BCUT2D eigenvalue weighted by Gasteiger charge is -2.17. The third-order valence-electron chi connectivity index (χ3n) is 5.06. The molecular formula is C24H20Cl2N4O2. The maximum Gasteiger partial charge on any atom is 0.269 e. The highest BCUT2D eigenvalue weighted by Crippen LogP contribution is 2.40. The standard InChI is InChI=1S/C24H20Cl2N4O2/c1-13-7-8-16(26)12-19(13)30-22(17-11-15(25)9-10-20(17)32-3)21(23(27)31)29-24(30)18-6-4-5-14(2)28-18/h4-12H,1-3H3,(H2,27,31). The number of aryl methyl sites for hydroxylation is 2. The van der Waals surface area contributed by atoms with Gasteiger partial charge >= 0.3 is 0 Å². The Kier molecular flexibility index (Phi) is 5.91. The lowest BCUT2D eigenvalue weighted by Crippen LogP contribution is -2.13. The Bertz CT molecular complexity index is 1350. The summed E-state index contributed by atoms with van der Waals surface area (Å²) in [5.41, 5.74) is 9.90. The number of halogens is 2. The van der Waals surface area contributed by atoms with Gasteiger partial charge < -0.3 is 10.5 Å². The van der Waals surface area contributed by atoms with Crippen LogP contribution in [0.15, 0.2) is 54.6 Å². The quantitative estimate of drug-likeness (QED) is 0.412. The molecule has 8 heteroatoms. The van der Waals surface area contributed by atoms with E-state index in [0.717, 1.165) is 16.9 Å². The lowest BCUT2D eigenvalue weighted by atomic mass is 10.1. The van der Waals surface area contributed by atoms with Crippen LogP contribution in [0.5, 0.6) is 5.75 Å². The van der Waals surface area contributed by atoms with Crippen LogP contribution in [0.25, 0.3) is 28.5 Å². The van der Waals surface area contributed by atoms with Crippen LogP contribution in [0.2, 0.25) is 10.0 Å². The predicted molar refractivity (Wildman–Crippen MR) is 127 cm³/mol. The molecule has 0 saturated heterocycles. The maximum atomic E-state index is 12.6. The SMILES string of the molecule is COc1ccc(Cl)cc1-c1c(C(N)=O)nc(-c2cccc(C)n2)n1-c1cc(Cl)ccc1C. The van der Waals surface area contributed by atoms with E-state index in [0.29, 0.717) is 38.6 Å². The smallest absolute Gasteiger partial charge is 0.269 e. The molecule has 0 bridgehead atoms. The van der Waals surface area contributed by atoms with Crippen molar-refractivity contribution in [3.63, 3.8) is 0 Å². The minimum absolute atomic E-state index is 0.0725. The van der Waals surface area contributed by atoms with Crippen molar-refractivity contribution in [3.05, 3.63) is 81.6 Å². The van der Waals surface area contributed by atoms with Crippen LogP contribution in [0.1, 0.15) is 21.7 Å². The summed E-state index contributed by atoms with van der Waals surface area (Å²) >= 11 is 12.7. The molecule has 32 heavy (non-hydrogen) atoms. The van der Waals surface area contributed by atoms with Crippen LogP contribution in [0.4, 0.5) is 0 Å². The molecule has 4 rings (SSSR count). The number of nitrogens with two attached hydrogens (primary N) is 1. The number of hydrogen-bond acceptors (Lipinski definition) is 4. The summed E-state index contributed by atoms with van der Waals surface area (Å²) in [7, 11) is 1.55. The van der Waals surface area contributed by atoms with Gasteiger partial charge in [0.1, 0.15) is 11.4 Å². The van der Waals surface area contributed by atoms with Crippen molar-refractivity contribution < 1.29 is 9.53 Å². The Balaban J connectivity index is 2.19. The average molecular weight is 467 g/mol. The van der Waals surface area contributed by atoms with Gasteiger partial charge in [0.25, 0.3) is 5.91 Å². The normalized spacial score (nSPS) is 10.9. The number of pyridine rings is 1. The number of amides is 1. The highest BCUT2D eigenvalue weighted by atomic mass is 35.5. The summed E-state index contributed by atoms with van der Waals surface area (Å²) < 4.78 is 7.41. The molecule has 0 aliphatic rings. The highest BCUT2D eigenvalue weighted by Gasteiger charge is 2.27. The molecule has 4 aromatic rings. The van der Waals surface area contributed by atoms with Gasteiger partial charge in [-0.15, -0.1) is 0 Å². The third kappa shape index (κ3) is 3.95. The summed E-state index contributed by atoms with van der Waals surface area (Å²) in [6.07, 6.45) is 0. The molecule has 0 spiro atoms. The Hall–Kier alpha value is -3.35. The van der Waals surface area contributed by atoms with Gasteiger partial charge in [0.05, 0.1) is 18.5 Å². The molecule has 2 aromatic carbocycles. The molecule has 0 aliphatic heterocycles. The van der Waals surface area contributed by atoms with E-state index in [-0.39, 0.29) is 5.69 Å². The molecule has 2 aromatic heterocycles. The first-order chi connectivity index (χ1) is 15.3. The average Bonchev–Trinajstić information content (AvgIpc) is 3.16. The fourth-order valence-corrected chi connectivity index (χ4v) is 3.94. The van der Waals surface area contributed by atoms with Crippen LogP contribution in [0.3, 0.4) is 0 Å². The van der Waals surface area contributed by atoms with Gasteiger partial charge in [-0.2, -0.15) is 0 Å². The molecule has 0 saturated carbocycles. The molecule has 0 unspecified atom stereocenters. The van der Waals surface area contributed by atoms with Crippen molar-refractivity contribution in [1.29, 1.82) is 0 Å². The Morgan fingerprint density at radius 1 is 1.00 bits per heavy atom.